The van der Waals surface area contributed by atoms with Crippen molar-refractivity contribution in [2.24, 2.45) is 0 Å². The number of anilines is 1. The molecule has 0 saturated heterocycles. The van der Waals surface area contributed by atoms with Crippen LogP contribution in [0.1, 0.15) is 10.4 Å². The van der Waals surface area contributed by atoms with Crippen LogP contribution in [0, 0.1) is 0 Å². The van der Waals surface area contributed by atoms with Crippen molar-refractivity contribution in [3.8, 4) is 5.75 Å². The van der Waals surface area contributed by atoms with Gasteiger partial charge in [0.25, 0.3) is 5.91 Å². The molecule has 6 heteroatoms. The van der Waals surface area contributed by atoms with E-state index >= 15 is 0 Å². The van der Waals surface area contributed by atoms with Crippen molar-refractivity contribution < 1.29 is 13.9 Å². The summed E-state index contributed by atoms with van der Waals surface area (Å²) in [5.41, 5.74) is 1.30. The van der Waals surface area contributed by atoms with Gasteiger partial charge in [-0.2, -0.15) is 0 Å². The maximum atomic E-state index is 11.8. The Morgan fingerprint density at radius 2 is 2.32 bits per heavy atom. The lowest BCUT2D eigenvalue weighted by Gasteiger charge is -1.96. The lowest BCUT2D eigenvalue weighted by atomic mass is 10.3. The average Bonchev–Trinajstić information content (AvgIpc) is 3.06. The number of furan rings is 1. The zero-order valence-electron chi connectivity index (χ0n) is 10.0. The normalized spacial score (nSPS) is 10.6. The van der Waals surface area contributed by atoms with Gasteiger partial charge in [-0.05, 0) is 24.3 Å². The van der Waals surface area contributed by atoms with Crippen molar-refractivity contribution in [2.45, 2.75) is 0 Å². The highest BCUT2D eigenvalue weighted by Gasteiger charge is 2.11. The van der Waals surface area contributed by atoms with E-state index in [1.807, 2.05) is 18.2 Å². The summed E-state index contributed by atoms with van der Waals surface area (Å²) in [7, 11) is 1.61. The van der Waals surface area contributed by atoms with E-state index in [-0.39, 0.29) is 5.91 Å². The zero-order chi connectivity index (χ0) is 13.2. The van der Waals surface area contributed by atoms with E-state index in [0.717, 1.165) is 16.0 Å². The number of amides is 1. The second-order valence-corrected chi connectivity index (χ2v) is 4.85. The SMILES string of the molecule is COc1ccc2nc(NC(=O)c3ccoc3)sc2c1. The van der Waals surface area contributed by atoms with Gasteiger partial charge in [-0.25, -0.2) is 4.98 Å². The standard InChI is InChI=1S/C13H10N2O3S/c1-17-9-2-3-10-11(6-9)19-13(14-10)15-12(16)8-4-5-18-7-8/h2-7H,1H3,(H,14,15,16). The molecule has 0 aliphatic carbocycles. The first-order valence-electron chi connectivity index (χ1n) is 5.54. The molecule has 0 atom stereocenters. The van der Waals surface area contributed by atoms with Gasteiger partial charge in [0.05, 0.1) is 29.2 Å². The van der Waals surface area contributed by atoms with Crippen LogP contribution in [0.25, 0.3) is 10.2 Å². The van der Waals surface area contributed by atoms with Gasteiger partial charge in [0, 0.05) is 0 Å². The fraction of sp³-hybridized carbons (Fsp3) is 0.0769. The Bertz CT molecular complexity index is 719. The largest absolute Gasteiger partial charge is 0.497 e. The number of hydrogen-bond acceptors (Lipinski definition) is 5. The fourth-order valence-corrected chi connectivity index (χ4v) is 2.54. The Morgan fingerprint density at radius 3 is 3.05 bits per heavy atom. The van der Waals surface area contributed by atoms with Gasteiger partial charge in [-0.1, -0.05) is 11.3 Å². The van der Waals surface area contributed by atoms with Crippen molar-refractivity contribution >= 4 is 32.6 Å². The molecular formula is C13H10N2O3S. The Labute approximate surface area is 112 Å². The molecule has 1 amide bonds. The summed E-state index contributed by atoms with van der Waals surface area (Å²) in [6.07, 6.45) is 2.85. The number of thiazole rings is 1. The minimum absolute atomic E-state index is 0.236. The predicted molar refractivity (Wildman–Crippen MR) is 72.8 cm³/mol. The van der Waals surface area contributed by atoms with Crippen LogP contribution in [-0.2, 0) is 0 Å². The van der Waals surface area contributed by atoms with Crippen molar-refractivity contribution in [3.63, 3.8) is 0 Å². The molecule has 0 spiro atoms. The van der Waals surface area contributed by atoms with Crippen molar-refractivity contribution in [2.75, 3.05) is 12.4 Å². The topological polar surface area (TPSA) is 64.4 Å². The highest BCUT2D eigenvalue weighted by atomic mass is 32.1. The molecule has 0 aliphatic heterocycles. The molecule has 0 saturated carbocycles. The minimum atomic E-state index is -0.236. The highest BCUT2D eigenvalue weighted by Crippen LogP contribution is 2.29. The highest BCUT2D eigenvalue weighted by molar-refractivity contribution is 7.22. The fourth-order valence-electron chi connectivity index (χ4n) is 1.65. The summed E-state index contributed by atoms with van der Waals surface area (Å²) in [6, 6.07) is 7.19. The number of hydrogen-bond donors (Lipinski definition) is 1. The summed E-state index contributed by atoms with van der Waals surface area (Å²) < 4.78 is 11.0. The van der Waals surface area contributed by atoms with E-state index in [4.69, 9.17) is 9.15 Å². The number of nitrogens with one attached hydrogen (secondary N) is 1. The molecule has 0 unspecified atom stereocenters. The number of benzene rings is 1. The summed E-state index contributed by atoms with van der Waals surface area (Å²) >= 11 is 1.40. The van der Waals surface area contributed by atoms with Crippen LogP contribution in [0.4, 0.5) is 5.13 Å². The van der Waals surface area contributed by atoms with Gasteiger partial charge in [-0.15, -0.1) is 0 Å². The summed E-state index contributed by atoms with van der Waals surface area (Å²) in [5, 5.41) is 3.29. The van der Waals surface area contributed by atoms with Crippen molar-refractivity contribution in [1.82, 2.24) is 4.98 Å². The number of methoxy groups -OCH3 is 1. The third kappa shape index (κ3) is 2.30. The van der Waals surface area contributed by atoms with Crippen molar-refractivity contribution in [3.05, 3.63) is 42.4 Å². The molecule has 0 bridgehead atoms. The van der Waals surface area contributed by atoms with Crippen LogP contribution in [0.3, 0.4) is 0 Å². The van der Waals surface area contributed by atoms with Gasteiger partial charge in [0.1, 0.15) is 12.0 Å². The van der Waals surface area contributed by atoms with Crippen LogP contribution in [0.2, 0.25) is 0 Å². The Balaban J connectivity index is 1.87. The summed E-state index contributed by atoms with van der Waals surface area (Å²) in [6.45, 7) is 0. The molecule has 1 aromatic carbocycles. The zero-order valence-corrected chi connectivity index (χ0v) is 10.9. The second kappa shape index (κ2) is 4.74. The number of carbonyl (C=O) groups is 1. The van der Waals surface area contributed by atoms with E-state index in [9.17, 15) is 4.79 Å². The number of rotatable bonds is 3. The molecule has 5 nitrogen and oxygen atoms in total. The number of fused-ring (bicyclic) bond motifs is 1. The first kappa shape index (κ1) is 11.7. The van der Waals surface area contributed by atoms with Crippen molar-refractivity contribution in [1.29, 1.82) is 0 Å². The van der Waals surface area contributed by atoms with E-state index in [2.05, 4.69) is 10.3 Å². The molecule has 3 aromatic rings. The van der Waals surface area contributed by atoms with E-state index in [1.165, 1.54) is 23.9 Å². The smallest absolute Gasteiger partial charge is 0.260 e. The van der Waals surface area contributed by atoms with Gasteiger partial charge < -0.3 is 9.15 Å². The molecule has 1 N–H and O–H groups in total. The number of nitrogens with zero attached hydrogens (tertiary/aromatic N) is 1. The molecule has 2 aromatic heterocycles. The molecule has 0 aliphatic rings. The van der Waals surface area contributed by atoms with Crippen LogP contribution in [0.5, 0.6) is 5.75 Å². The summed E-state index contributed by atoms with van der Waals surface area (Å²) in [4.78, 5) is 16.2. The lowest BCUT2D eigenvalue weighted by Crippen LogP contribution is -2.10. The second-order valence-electron chi connectivity index (χ2n) is 3.82. The molecular weight excluding hydrogens is 264 g/mol. The van der Waals surface area contributed by atoms with Crippen LogP contribution in [-0.4, -0.2) is 18.0 Å². The number of aromatic nitrogens is 1. The van der Waals surface area contributed by atoms with Crippen LogP contribution < -0.4 is 10.1 Å². The molecule has 2 heterocycles. The predicted octanol–water partition coefficient (Wildman–Crippen LogP) is 3.15. The monoisotopic (exact) mass is 274 g/mol. The molecule has 0 radical (unpaired) electrons. The van der Waals surface area contributed by atoms with Crippen LogP contribution in [0.15, 0.2) is 41.2 Å². The molecule has 19 heavy (non-hydrogen) atoms. The quantitative estimate of drug-likeness (QED) is 0.796. The number of ether oxygens (including phenoxy) is 1. The summed E-state index contributed by atoms with van der Waals surface area (Å²) in [5.74, 6) is 0.531. The van der Waals surface area contributed by atoms with Gasteiger partial charge >= 0.3 is 0 Å². The lowest BCUT2D eigenvalue weighted by molar-refractivity contribution is 0.102. The van der Waals surface area contributed by atoms with E-state index in [0.29, 0.717) is 10.7 Å². The Hall–Kier alpha value is -2.34. The van der Waals surface area contributed by atoms with Gasteiger partial charge in [0.15, 0.2) is 5.13 Å². The Kier molecular flexibility index (Phi) is 2.92. The third-order valence-corrected chi connectivity index (χ3v) is 3.53. The Morgan fingerprint density at radius 1 is 1.42 bits per heavy atom. The van der Waals surface area contributed by atoms with Crippen LogP contribution >= 0.6 is 11.3 Å². The van der Waals surface area contributed by atoms with E-state index in [1.54, 1.807) is 13.2 Å². The first-order chi connectivity index (χ1) is 9.26. The first-order valence-corrected chi connectivity index (χ1v) is 6.36. The number of carbonyl (C=O) groups excluding carboxylic acids is 1. The third-order valence-electron chi connectivity index (χ3n) is 2.60. The maximum Gasteiger partial charge on any atom is 0.260 e. The van der Waals surface area contributed by atoms with Gasteiger partial charge in [0.2, 0.25) is 0 Å². The van der Waals surface area contributed by atoms with Gasteiger partial charge in [-0.3, -0.25) is 10.1 Å². The maximum absolute atomic E-state index is 11.8. The average molecular weight is 274 g/mol. The molecule has 3 rings (SSSR count). The molecule has 0 fully saturated rings. The van der Waals surface area contributed by atoms with E-state index < -0.39 is 0 Å². The minimum Gasteiger partial charge on any atom is -0.497 e. The molecule has 96 valence electrons.